The Balaban J connectivity index is 1.23. The van der Waals surface area contributed by atoms with Gasteiger partial charge >= 0.3 is 0 Å². The Labute approximate surface area is 203 Å². The topological polar surface area (TPSA) is 81.7 Å². The van der Waals surface area contributed by atoms with Crippen LogP contribution in [0.25, 0.3) is 10.2 Å². The number of fused-ring (bicyclic) bond motifs is 1. The molecule has 0 radical (unpaired) electrons. The van der Waals surface area contributed by atoms with Crippen molar-refractivity contribution in [1.29, 1.82) is 0 Å². The van der Waals surface area contributed by atoms with Crippen LogP contribution < -0.4 is 5.56 Å². The first-order valence-electron chi connectivity index (χ1n) is 11.3. The number of rotatable bonds is 8. The molecule has 33 heavy (non-hydrogen) atoms. The van der Waals surface area contributed by atoms with Crippen molar-refractivity contribution in [2.45, 2.75) is 39.5 Å². The summed E-state index contributed by atoms with van der Waals surface area (Å²) in [4.78, 5) is 26.7. The molecule has 2 atom stereocenters. The standard InChI is InChI=1S/C24H31ClN4O3S/c1-15-17(3)33-24-22(15)23(31)26-21(27-24)13-29-10-8-28(9-11-29)12-20(30)14-32-16(2)18-4-6-19(25)7-5-18/h4-7,16,20,30H,8-14H2,1-3H3,(H,26,27,31)/t16-,20-/m0/s1. The van der Waals surface area contributed by atoms with Crippen molar-refractivity contribution >= 4 is 33.2 Å². The number of aliphatic hydroxyl groups excluding tert-OH is 1. The van der Waals surface area contributed by atoms with Gasteiger partial charge < -0.3 is 14.8 Å². The predicted octanol–water partition coefficient (Wildman–Crippen LogP) is 3.51. The van der Waals surface area contributed by atoms with Crippen molar-refractivity contribution < 1.29 is 9.84 Å². The maximum absolute atomic E-state index is 12.5. The summed E-state index contributed by atoms with van der Waals surface area (Å²) in [6.45, 7) is 10.9. The highest BCUT2D eigenvalue weighted by atomic mass is 35.5. The van der Waals surface area contributed by atoms with Crippen LogP contribution in [-0.2, 0) is 11.3 Å². The summed E-state index contributed by atoms with van der Waals surface area (Å²) in [6.07, 6.45) is -0.645. The molecule has 1 saturated heterocycles. The second kappa shape index (κ2) is 10.6. The average Bonchev–Trinajstić information content (AvgIpc) is 3.07. The Kier molecular flexibility index (Phi) is 7.83. The second-order valence-corrected chi connectivity index (χ2v) is 10.4. The minimum atomic E-state index is -0.544. The molecule has 3 aromatic rings. The number of benzene rings is 1. The van der Waals surface area contributed by atoms with Gasteiger partial charge in [-0.05, 0) is 44.0 Å². The number of aliphatic hydroxyl groups is 1. The Morgan fingerprint density at radius 3 is 2.55 bits per heavy atom. The van der Waals surface area contributed by atoms with E-state index in [2.05, 4.69) is 14.8 Å². The minimum Gasteiger partial charge on any atom is -0.389 e. The van der Waals surface area contributed by atoms with E-state index in [1.54, 1.807) is 11.3 Å². The van der Waals surface area contributed by atoms with E-state index in [-0.39, 0.29) is 18.3 Å². The van der Waals surface area contributed by atoms with Crippen molar-refractivity contribution in [2.75, 3.05) is 39.3 Å². The highest BCUT2D eigenvalue weighted by Gasteiger charge is 2.21. The fourth-order valence-corrected chi connectivity index (χ4v) is 5.33. The smallest absolute Gasteiger partial charge is 0.259 e. The first-order chi connectivity index (χ1) is 15.8. The van der Waals surface area contributed by atoms with Gasteiger partial charge in [0.1, 0.15) is 10.7 Å². The lowest BCUT2D eigenvalue weighted by Crippen LogP contribution is -2.48. The molecule has 4 rings (SSSR count). The number of ether oxygens (including phenoxy) is 1. The molecule has 1 aliphatic heterocycles. The zero-order chi connectivity index (χ0) is 23.5. The molecule has 1 aliphatic rings. The maximum atomic E-state index is 12.5. The third kappa shape index (κ3) is 6.01. The molecule has 3 heterocycles. The molecule has 0 bridgehead atoms. The van der Waals surface area contributed by atoms with E-state index < -0.39 is 6.10 Å². The number of β-amino-alcohol motifs (C(OH)–C–C–N with tert-alkyl or cyclic N) is 1. The quantitative estimate of drug-likeness (QED) is 0.503. The predicted molar refractivity (Wildman–Crippen MR) is 133 cm³/mol. The van der Waals surface area contributed by atoms with Crippen molar-refractivity contribution in [3.05, 3.63) is 61.5 Å². The van der Waals surface area contributed by atoms with Crippen molar-refractivity contribution in [2.24, 2.45) is 0 Å². The monoisotopic (exact) mass is 490 g/mol. The molecule has 0 unspecified atom stereocenters. The van der Waals surface area contributed by atoms with E-state index in [0.717, 1.165) is 47.0 Å². The van der Waals surface area contributed by atoms with Gasteiger partial charge in [-0.25, -0.2) is 4.98 Å². The van der Waals surface area contributed by atoms with Crippen LogP contribution in [0.5, 0.6) is 0 Å². The van der Waals surface area contributed by atoms with E-state index in [0.29, 0.717) is 29.3 Å². The largest absolute Gasteiger partial charge is 0.389 e. The van der Waals surface area contributed by atoms with E-state index in [1.807, 2.05) is 45.0 Å². The van der Waals surface area contributed by atoms with Crippen LogP contribution in [-0.4, -0.2) is 70.3 Å². The highest BCUT2D eigenvalue weighted by molar-refractivity contribution is 7.18. The van der Waals surface area contributed by atoms with Gasteiger partial charge in [-0.3, -0.25) is 14.6 Å². The Hall–Kier alpha value is -1.81. The van der Waals surface area contributed by atoms with Gasteiger partial charge in [-0.1, -0.05) is 23.7 Å². The highest BCUT2D eigenvalue weighted by Crippen LogP contribution is 2.26. The summed E-state index contributed by atoms with van der Waals surface area (Å²) in [5, 5.41) is 11.9. The van der Waals surface area contributed by atoms with Crippen LogP contribution in [0, 0.1) is 13.8 Å². The molecule has 0 aliphatic carbocycles. The Morgan fingerprint density at radius 1 is 1.18 bits per heavy atom. The lowest BCUT2D eigenvalue weighted by Gasteiger charge is -2.35. The zero-order valence-corrected chi connectivity index (χ0v) is 20.9. The number of nitrogens with zero attached hydrogens (tertiary/aromatic N) is 3. The fraction of sp³-hybridized carbons (Fsp3) is 0.500. The van der Waals surface area contributed by atoms with Crippen molar-refractivity contribution in [3.63, 3.8) is 0 Å². The van der Waals surface area contributed by atoms with Crippen LogP contribution in [0.4, 0.5) is 0 Å². The third-order valence-corrected chi connectivity index (χ3v) is 7.63. The molecular weight excluding hydrogens is 460 g/mol. The Morgan fingerprint density at radius 2 is 1.85 bits per heavy atom. The second-order valence-electron chi connectivity index (χ2n) is 8.73. The molecule has 1 aromatic carbocycles. The molecule has 0 saturated carbocycles. The number of aromatic amines is 1. The van der Waals surface area contributed by atoms with E-state index in [9.17, 15) is 9.90 Å². The van der Waals surface area contributed by atoms with Gasteiger partial charge in [-0.15, -0.1) is 11.3 Å². The number of hydrogen-bond donors (Lipinski definition) is 2. The number of halogens is 1. The summed E-state index contributed by atoms with van der Waals surface area (Å²) >= 11 is 7.51. The number of hydrogen-bond acceptors (Lipinski definition) is 7. The summed E-state index contributed by atoms with van der Waals surface area (Å²) in [5.74, 6) is 0.715. The van der Waals surface area contributed by atoms with Crippen LogP contribution >= 0.6 is 22.9 Å². The summed E-state index contributed by atoms with van der Waals surface area (Å²) in [6, 6.07) is 7.58. The molecule has 2 aromatic heterocycles. The SMILES string of the molecule is Cc1sc2nc(CN3CCN(C[C@H](O)CO[C@@H](C)c4ccc(Cl)cc4)CC3)[nH]c(=O)c2c1C. The molecule has 9 heteroatoms. The van der Waals surface area contributed by atoms with Gasteiger partial charge in [-0.2, -0.15) is 0 Å². The zero-order valence-electron chi connectivity index (χ0n) is 19.3. The molecule has 0 spiro atoms. The number of H-pyrrole nitrogens is 1. The normalized spacial score (nSPS) is 17.5. The molecule has 1 fully saturated rings. The number of piperazine rings is 1. The minimum absolute atomic E-state index is 0.0496. The van der Waals surface area contributed by atoms with Crippen LogP contribution in [0.3, 0.4) is 0 Å². The maximum Gasteiger partial charge on any atom is 0.259 e. The molecule has 7 nitrogen and oxygen atoms in total. The van der Waals surface area contributed by atoms with E-state index >= 15 is 0 Å². The van der Waals surface area contributed by atoms with E-state index in [4.69, 9.17) is 21.3 Å². The average molecular weight is 491 g/mol. The fourth-order valence-electron chi connectivity index (χ4n) is 4.15. The van der Waals surface area contributed by atoms with Crippen molar-refractivity contribution in [1.82, 2.24) is 19.8 Å². The van der Waals surface area contributed by atoms with Crippen LogP contribution in [0.1, 0.15) is 34.9 Å². The van der Waals surface area contributed by atoms with Gasteiger partial charge in [0, 0.05) is 42.6 Å². The molecule has 0 amide bonds. The molecule has 2 N–H and O–H groups in total. The first kappa shape index (κ1) is 24.3. The number of thiophene rings is 1. The first-order valence-corrected chi connectivity index (χ1v) is 12.5. The Bertz CT molecular complexity index is 1140. The number of nitrogens with one attached hydrogen (secondary N) is 1. The number of aryl methyl sites for hydroxylation is 2. The van der Waals surface area contributed by atoms with E-state index in [1.165, 1.54) is 0 Å². The van der Waals surface area contributed by atoms with Gasteiger partial charge in [0.2, 0.25) is 0 Å². The number of aromatic nitrogens is 2. The van der Waals surface area contributed by atoms with Crippen LogP contribution in [0.15, 0.2) is 29.1 Å². The summed E-state index contributed by atoms with van der Waals surface area (Å²) in [7, 11) is 0. The van der Waals surface area contributed by atoms with Gasteiger partial charge in [0.15, 0.2) is 0 Å². The lowest BCUT2D eigenvalue weighted by molar-refractivity contribution is -0.0214. The summed E-state index contributed by atoms with van der Waals surface area (Å²) < 4.78 is 5.86. The summed E-state index contributed by atoms with van der Waals surface area (Å²) in [5.41, 5.74) is 2.01. The van der Waals surface area contributed by atoms with Crippen LogP contribution in [0.2, 0.25) is 5.02 Å². The van der Waals surface area contributed by atoms with Gasteiger partial charge in [0.25, 0.3) is 5.56 Å². The molecule has 178 valence electrons. The van der Waals surface area contributed by atoms with Crippen molar-refractivity contribution in [3.8, 4) is 0 Å². The third-order valence-electron chi connectivity index (χ3n) is 6.27. The molecular formula is C24H31ClN4O3S. The van der Waals surface area contributed by atoms with Gasteiger partial charge in [0.05, 0.1) is 30.7 Å². The lowest BCUT2D eigenvalue weighted by atomic mass is 10.1.